The maximum absolute atomic E-state index is 6.17. The summed E-state index contributed by atoms with van der Waals surface area (Å²) in [4.78, 5) is 1.23. The van der Waals surface area contributed by atoms with Crippen LogP contribution in [0.25, 0.3) is 0 Å². The largest absolute Gasteiger partial charge is 0.327 e. The lowest BCUT2D eigenvalue weighted by Gasteiger charge is -2.11. The van der Waals surface area contributed by atoms with Gasteiger partial charge in [-0.3, -0.25) is 0 Å². The van der Waals surface area contributed by atoms with Crippen molar-refractivity contribution >= 4 is 39.3 Å². The number of nitrogens with two attached hydrogens (primary N) is 1. The van der Waals surface area contributed by atoms with Crippen molar-refractivity contribution in [3.8, 4) is 0 Å². The second kappa shape index (κ2) is 7.34. The summed E-state index contributed by atoms with van der Waals surface area (Å²) in [5.41, 5.74) is 7.36. The molecule has 0 saturated heterocycles. The number of thioether (sulfide) groups is 1. The van der Waals surface area contributed by atoms with E-state index < -0.39 is 0 Å². The van der Waals surface area contributed by atoms with Crippen molar-refractivity contribution in [1.29, 1.82) is 0 Å². The van der Waals surface area contributed by atoms with Gasteiger partial charge in [-0.15, -0.1) is 11.8 Å². The van der Waals surface area contributed by atoms with Crippen molar-refractivity contribution in [2.45, 2.75) is 17.4 Å². The number of rotatable bonds is 5. The Bertz CT molecular complexity index is 547. The summed E-state index contributed by atoms with van der Waals surface area (Å²) in [7, 11) is 0. The van der Waals surface area contributed by atoms with Gasteiger partial charge < -0.3 is 5.73 Å². The highest BCUT2D eigenvalue weighted by Gasteiger charge is 2.06. The number of benzene rings is 2. The number of hydrogen-bond donors (Lipinski definition) is 1. The standard InChI is InChI=1S/C15H15BrClNS/c16-12-4-2-6-15(9-12)19-10-14(18)8-11-3-1-5-13(17)7-11/h1-7,9,14H,8,10,18H2. The van der Waals surface area contributed by atoms with Crippen LogP contribution < -0.4 is 5.73 Å². The van der Waals surface area contributed by atoms with Crippen molar-refractivity contribution in [3.05, 3.63) is 63.6 Å². The molecule has 0 bridgehead atoms. The topological polar surface area (TPSA) is 26.0 Å². The van der Waals surface area contributed by atoms with Crippen LogP contribution in [-0.2, 0) is 6.42 Å². The highest BCUT2D eigenvalue weighted by molar-refractivity contribution is 9.10. The third-order valence-electron chi connectivity index (χ3n) is 2.65. The summed E-state index contributed by atoms with van der Waals surface area (Å²) in [5, 5.41) is 0.768. The molecule has 4 heteroatoms. The second-order valence-corrected chi connectivity index (χ2v) is 6.81. The van der Waals surface area contributed by atoms with Crippen molar-refractivity contribution in [3.63, 3.8) is 0 Å². The minimum absolute atomic E-state index is 0.127. The average Bonchev–Trinajstić information content (AvgIpc) is 2.36. The molecule has 2 aromatic rings. The van der Waals surface area contributed by atoms with Crippen LogP contribution in [-0.4, -0.2) is 11.8 Å². The fourth-order valence-corrected chi connectivity index (χ4v) is 3.46. The van der Waals surface area contributed by atoms with Gasteiger partial charge in [0, 0.05) is 26.2 Å². The van der Waals surface area contributed by atoms with E-state index in [1.807, 2.05) is 30.3 Å². The van der Waals surface area contributed by atoms with Crippen molar-refractivity contribution in [2.24, 2.45) is 5.73 Å². The average molecular weight is 357 g/mol. The molecule has 0 heterocycles. The van der Waals surface area contributed by atoms with Crippen LogP contribution in [0.2, 0.25) is 5.02 Å². The molecule has 100 valence electrons. The molecule has 2 N–H and O–H groups in total. The molecular weight excluding hydrogens is 342 g/mol. The molecule has 1 atom stereocenters. The normalized spacial score (nSPS) is 12.4. The summed E-state index contributed by atoms with van der Waals surface area (Å²) in [6.45, 7) is 0. The first-order valence-corrected chi connectivity index (χ1v) is 8.17. The zero-order valence-electron chi connectivity index (χ0n) is 10.4. The van der Waals surface area contributed by atoms with E-state index >= 15 is 0 Å². The highest BCUT2D eigenvalue weighted by Crippen LogP contribution is 2.23. The Morgan fingerprint density at radius 3 is 2.68 bits per heavy atom. The Kier molecular flexibility index (Phi) is 5.76. The van der Waals surface area contributed by atoms with Crippen molar-refractivity contribution in [2.75, 3.05) is 5.75 Å². The van der Waals surface area contributed by atoms with Gasteiger partial charge in [0.2, 0.25) is 0 Å². The zero-order chi connectivity index (χ0) is 13.7. The van der Waals surface area contributed by atoms with Gasteiger partial charge >= 0.3 is 0 Å². The smallest absolute Gasteiger partial charge is 0.0408 e. The molecule has 0 aromatic heterocycles. The minimum Gasteiger partial charge on any atom is -0.327 e. The van der Waals surface area contributed by atoms with Gasteiger partial charge in [-0.25, -0.2) is 0 Å². The Labute approximate surface area is 131 Å². The van der Waals surface area contributed by atoms with Crippen LogP contribution >= 0.6 is 39.3 Å². The molecule has 0 aliphatic heterocycles. The second-order valence-electron chi connectivity index (χ2n) is 4.36. The lowest BCUT2D eigenvalue weighted by Crippen LogP contribution is -2.25. The van der Waals surface area contributed by atoms with Crippen LogP contribution in [0.4, 0.5) is 0 Å². The number of halogens is 2. The van der Waals surface area contributed by atoms with Gasteiger partial charge in [-0.1, -0.05) is 45.7 Å². The Morgan fingerprint density at radius 2 is 1.95 bits per heavy atom. The van der Waals surface area contributed by atoms with E-state index in [9.17, 15) is 0 Å². The van der Waals surface area contributed by atoms with Gasteiger partial charge in [-0.2, -0.15) is 0 Å². The molecule has 0 amide bonds. The van der Waals surface area contributed by atoms with E-state index in [-0.39, 0.29) is 6.04 Å². The predicted molar refractivity (Wildman–Crippen MR) is 88.0 cm³/mol. The fourth-order valence-electron chi connectivity index (χ4n) is 1.79. The molecular formula is C15H15BrClNS. The van der Waals surface area contributed by atoms with Gasteiger partial charge in [0.25, 0.3) is 0 Å². The summed E-state index contributed by atoms with van der Waals surface area (Å²) < 4.78 is 1.10. The van der Waals surface area contributed by atoms with E-state index in [2.05, 4.69) is 34.1 Å². The first kappa shape index (κ1) is 14.9. The van der Waals surface area contributed by atoms with Crippen molar-refractivity contribution < 1.29 is 0 Å². The maximum Gasteiger partial charge on any atom is 0.0408 e. The van der Waals surface area contributed by atoms with Crippen LogP contribution in [0.1, 0.15) is 5.56 Å². The molecule has 0 aliphatic rings. The van der Waals surface area contributed by atoms with Gasteiger partial charge in [0.15, 0.2) is 0 Å². The molecule has 0 radical (unpaired) electrons. The molecule has 1 unspecified atom stereocenters. The van der Waals surface area contributed by atoms with E-state index in [4.69, 9.17) is 17.3 Å². The molecule has 2 rings (SSSR count). The summed E-state index contributed by atoms with van der Waals surface area (Å²) in [6.07, 6.45) is 0.849. The van der Waals surface area contributed by atoms with Crippen LogP contribution in [0.3, 0.4) is 0 Å². The maximum atomic E-state index is 6.17. The minimum atomic E-state index is 0.127. The Hall–Kier alpha value is -0.480. The monoisotopic (exact) mass is 355 g/mol. The molecule has 0 spiro atoms. The van der Waals surface area contributed by atoms with Crippen LogP contribution in [0.5, 0.6) is 0 Å². The van der Waals surface area contributed by atoms with Gasteiger partial charge in [-0.05, 0) is 42.3 Å². The molecule has 19 heavy (non-hydrogen) atoms. The van der Waals surface area contributed by atoms with Crippen LogP contribution in [0, 0.1) is 0 Å². The molecule has 0 fully saturated rings. The lowest BCUT2D eigenvalue weighted by atomic mass is 10.1. The predicted octanol–water partition coefficient (Wildman–Crippen LogP) is 4.76. The highest BCUT2D eigenvalue weighted by atomic mass is 79.9. The Balaban J connectivity index is 1.86. The first-order valence-electron chi connectivity index (χ1n) is 6.02. The van der Waals surface area contributed by atoms with E-state index in [0.717, 1.165) is 21.7 Å². The molecule has 0 saturated carbocycles. The van der Waals surface area contributed by atoms with E-state index in [1.54, 1.807) is 11.8 Å². The first-order chi connectivity index (χ1) is 9.13. The van der Waals surface area contributed by atoms with Crippen LogP contribution in [0.15, 0.2) is 57.9 Å². The van der Waals surface area contributed by atoms with Gasteiger partial charge in [0.05, 0.1) is 0 Å². The summed E-state index contributed by atoms with van der Waals surface area (Å²) in [6, 6.07) is 16.3. The van der Waals surface area contributed by atoms with E-state index in [0.29, 0.717) is 0 Å². The zero-order valence-corrected chi connectivity index (χ0v) is 13.5. The fraction of sp³-hybridized carbons (Fsp3) is 0.200. The quantitative estimate of drug-likeness (QED) is 0.781. The third-order valence-corrected chi connectivity index (χ3v) is 4.56. The molecule has 1 nitrogen and oxygen atoms in total. The third kappa shape index (κ3) is 5.19. The molecule has 0 aliphatic carbocycles. The molecule has 2 aromatic carbocycles. The van der Waals surface area contributed by atoms with Gasteiger partial charge in [0.1, 0.15) is 0 Å². The lowest BCUT2D eigenvalue weighted by molar-refractivity contribution is 0.749. The number of hydrogen-bond acceptors (Lipinski definition) is 2. The summed E-state index contributed by atoms with van der Waals surface area (Å²) >= 11 is 11.2. The van der Waals surface area contributed by atoms with E-state index in [1.165, 1.54) is 10.5 Å². The van der Waals surface area contributed by atoms with Crippen molar-refractivity contribution in [1.82, 2.24) is 0 Å². The SMILES string of the molecule is NC(CSc1cccc(Br)c1)Cc1cccc(Cl)c1. The summed E-state index contributed by atoms with van der Waals surface area (Å²) in [5.74, 6) is 0.892. The Morgan fingerprint density at radius 1 is 1.16 bits per heavy atom.